The van der Waals surface area contributed by atoms with E-state index in [1.54, 1.807) is 0 Å². The first-order chi connectivity index (χ1) is 10.0. The van der Waals surface area contributed by atoms with Crippen LogP contribution in [-0.2, 0) is 0 Å². The van der Waals surface area contributed by atoms with E-state index < -0.39 is 0 Å². The minimum Gasteiger partial charge on any atom is -0.395 e. The Kier molecular flexibility index (Phi) is 7.89. The van der Waals surface area contributed by atoms with Crippen LogP contribution in [0.4, 0.5) is 0 Å². The maximum Gasteiger partial charge on any atom is 0.0558 e. The Morgan fingerprint density at radius 3 is 2.14 bits per heavy atom. The van der Waals surface area contributed by atoms with Crippen LogP contribution in [-0.4, -0.2) is 54.5 Å². The van der Waals surface area contributed by atoms with Crippen molar-refractivity contribution < 1.29 is 10.2 Å². The molecule has 0 aliphatic heterocycles. The highest BCUT2D eigenvalue weighted by molar-refractivity contribution is 5.21. The molecule has 0 aliphatic rings. The van der Waals surface area contributed by atoms with E-state index in [1.807, 2.05) is 6.07 Å². The molecule has 21 heavy (non-hydrogen) atoms. The second-order valence-corrected chi connectivity index (χ2v) is 6.11. The normalized spacial score (nSPS) is 13.6. The summed E-state index contributed by atoms with van der Waals surface area (Å²) in [7, 11) is 0. The van der Waals surface area contributed by atoms with E-state index in [4.69, 9.17) is 0 Å². The van der Waals surface area contributed by atoms with Crippen LogP contribution in [0.15, 0.2) is 30.3 Å². The smallest absolute Gasteiger partial charge is 0.0558 e. The van der Waals surface area contributed by atoms with Gasteiger partial charge in [-0.2, -0.15) is 0 Å². The lowest BCUT2D eigenvalue weighted by Crippen LogP contribution is -2.44. The van der Waals surface area contributed by atoms with Crippen molar-refractivity contribution in [1.82, 2.24) is 10.2 Å². The van der Waals surface area contributed by atoms with Gasteiger partial charge >= 0.3 is 0 Å². The van der Waals surface area contributed by atoms with Crippen molar-refractivity contribution in [1.29, 1.82) is 0 Å². The third kappa shape index (κ3) is 5.75. The number of rotatable bonds is 10. The van der Waals surface area contributed by atoms with Gasteiger partial charge in [-0.3, -0.25) is 4.90 Å². The number of nitrogens with one attached hydrogen (secondary N) is 1. The molecule has 0 amide bonds. The minimum absolute atomic E-state index is 0.0122. The third-order valence-electron chi connectivity index (χ3n) is 3.79. The molecule has 0 aliphatic carbocycles. The molecule has 1 unspecified atom stereocenters. The molecule has 1 aromatic carbocycles. The fourth-order valence-corrected chi connectivity index (χ4v) is 2.92. The lowest BCUT2D eigenvalue weighted by Gasteiger charge is -2.39. The molecule has 1 rings (SSSR count). The molecule has 0 heterocycles. The largest absolute Gasteiger partial charge is 0.395 e. The van der Waals surface area contributed by atoms with E-state index >= 15 is 0 Å². The van der Waals surface area contributed by atoms with E-state index in [9.17, 15) is 10.2 Å². The number of nitrogens with zero attached hydrogens (tertiary/aromatic N) is 1. The molecule has 1 atom stereocenters. The summed E-state index contributed by atoms with van der Waals surface area (Å²) in [5.74, 6) is 0. The first-order valence-corrected chi connectivity index (χ1v) is 7.77. The Balaban J connectivity index is 2.88. The molecular formula is C17H30N2O2. The van der Waals surface area contributed by atoms with Crippen LogP contribution in [0.2, 0.25) is 0 Å². The maximum absolute atomic E-state index is 9.18. The predicted octanol–water partition coefficient (Wildman–Crippen LogP) is 1.65. The molecule has 4 heteroatoms. The molecule has 0 saturated heterocycles. The second-order valence-electron chi connectivity index (χ2n) is 6.11. The maximum atomic E-state index is 9.18. The van der Waals surface area contributed by atoms with E-state index in [-0.39, 0.29) is 24.7 Å². The third-order valence-corrected chi connectivity index (χ3v) is 3.79. The van der Waals surface area contributed by atoms with Crippen molar-refractivity contribution in [2.75, 3.05) is 39.4 Å². The molecule has 0 spiro atoms. The zero-order chi connectivity index (χ0) is 15.7. The average molecular weight is 294 g/mol. The summed E-state index contributed by atoms with van der Waals surface area (Å²) in [6.07, 6.45) is 0. The molecule has 0 aromatic heterocycles. The zero-order valence-corrected chi connectivity index (χ0v) is 13.5. The van der Waals surface area contributed by atoms with Crippen LogP contribution in [0.1, 0.15) is 32.4 Å². The predicted molar refractivity (Wildman–Crippen MR) is 87.3 cm³/mol. The van der Waals surface area contributed by atoms with Crippen LogP contribution >= 0.6 is 0 Å². The Morgan fingerprint density at radius 2 is 1.67 bits per heavy atom. The fourth-order valence-electron chi connectivity index (χ4n) is 2.92. The van der Waals surface area contributed by atoms with Gasteiger partial charge < -0.3 is 15.5 Å². The van der Waals surface area contributed by atoms with Crippen LogP contribution in [0.5, 0.6) is 0 Å². The summed E-state index contributed by atoms with van der Waals surface area (Å²) in [5, 5.41) is 21.9. The van der Waals surface area contributed by atoms with Crippen LogP contribution in [0, 0.1) is 5.41 Å². The molecule has 0 bridgehead atoms. The first-order valence-electron chi connectivity index (χ1n) is 7.77. The van der Waals surface area contributed by atoms with Gasteiger partial charge in [0.25, 0.3) is 0 Å². The molecule has 1 aromatic rings. The van der Waals surface area contributed by atoms with Gasteiger partial charge in [0.05, 0.1) is 13.2 Å². The monoisotopic (exact) mass is 294 g/mol. The number of hydrogen-bond donors (Lipinski definition) is 3. The summed E-state index contributed by atoms with van der Waals surface area (Å²) in [4.78, 5) is 2.12. The van der Waals surface area contributed by atoms with E-state index in [0.717, 1.165) is 13.1 Å². The molecule has 4 nitrogen and oxygen atoms in total. The number of aliphatic hydroxyl groups is 2. The highest BCUT2D eigenvalue weighted by Gasteiger charge is 2.31. The summed E-state index contributed by atoms with van der Waals surface area (Å²) in [5.41, 5.74) is 1.26. The van der Waals surface area contributed by atoms with Crippen LogP contribution < -0.4 is 5.32 Å². The second kappa shape index (κ2) is 9.15. The Labute approximate surface area is 128 Å². The van der Waals surface area contributed by atoms with Gasteiger partial charge in [0.1, 0.15) is 0 Å². The molecule has 120 valence electrons. The SMILES string of the molecule is CCNC(c1ccccc1)C(C)(C)CN(CCO)CCO. The van der Waals surface area contributed by atoms with E-state index in [0.29, 0.717) is 13.1 Å². The van der Waals surface area contributed by atoms with Gasteiger partial charge in [-0.1, -0.05) is 51.1 Å². The van der Waals surface area contributed by atoms with Crippen molar-refractivity contribution in [2.24, 2.45) is 5.41 Å². The van der Waals surface area contributed by atoms with Crippen molar-refractivity contribution in [3.8, 4) is 0 Å². The summed E-state index contributed by atoms with van der Waals surface area (Å²) < 4.78 is 0. The van der Waals surface area contributed by atoms with Gasteiger partial charge in [0.15, 0.2) is 0 Å². The molecule has 0 fully saturated rings. The van der Waals surface area contributed by atoms with Gasteiger partial charge in [-0.25, -0.2) is 0 Å². The van der Waals surface area contributed by atoms with Gasteiger partial charge in [0, 0.05) is 25.7 Å². The van der Waals surface area contributed by atoms with E-state index in [2.05, 4.69) is 55.3 Å². The summed E-state index contributed by atoms with van der Waals surface area (Å²) in [6.45, 7) is 9.73. The number of aliphatic hydroxyl groups excluding tert-OH is 2. The fraction of sp³-hybridized carbons (Fsp3) is 0.647. The molecule has 3 N–H and O–H groups in total. The molecule has 0 radical (unpaired) electrons. The highest BCUT2D eigenvalue weighted by Crippen LogP contribution is 2.34. The lowest BCUT2D eigenvalue weighted by molar-refractivity contribution is 0.0987. The van der Waals surface area contributed by atoms with Crippen molar-refractivity contribution in [3.63, 3.8) is 0 Å². The van der Waals surface area contributed by atoms with Crippen molar-refractivity contribution in [3.05, 3.63) is 35.9 Å². The number of benzene rings is 1. The zero-order valence-electron chi connectivity index (χ0n) is 13.5. The van der Waals surface area contributed by atoms with Crippen molar-refractivity contribution >= 4 is 0 Å². The minimum atomic E-state index is -0.0122. The topological polar surface area (TPSA) is 55.7 Å². The van der Waals surface area contributed by atoms with Crippen LogP contribution in [0.25, 0.3) is 0 Å². The number of hydrogen-bond acceptors (Lipinski definition) is 4. The van der Waals surface area contributed by atoms with Gasteiger partial charge in [-0.15, -0.1) is 0 Å². The Hall–Kier alpha value is -0.940. The summed E-state index contributed by atoms with van der Waals surface area (Å²) >= 11 is 0. The van der Waals surface area contributed by atoms with Crippen molar-refractivity contribution in [2.45, 2.75) is 26.8 Å². The molecular weight excluding hydrogens is 264 g/mol. The standard InChI is InChI=1S/C17H30N2O2/c1-4-18-16(15-8-6-5-7-9-15)17(2,3)14-19(10-12-20)11-13-21/h5-9,16,18,20-21H,4,10-14H2,1-3H3. The van der Waals surface area contributed by atoms with Crippen LogP contribution in [0.3, 0.4) is 0 Å². The quantitative estimate of drug-likeness (QED) is 0.614. The first kappa shape index (κ1) is 18.1. The Morgan fingerprint density at radius 1 is 1.10 bits per heavy atom. The lowest BCUT2D eigenvalue weighted by atomic mass is 9.79. The highest BCUT2D eigenvalue weighted by atomic mass is 16.3. The van der Waals surface area contributed by atoms with E-state index in [1.165, 1.54) is 5.56 Å². The average Bonchev–Trinajstić information content (AvgIpc) is 2.45. The summed E-state index contributed by atoms with van der Waals surface area (Å²) in [6, 6.07) is 10.7. The molecule has 0 saturated carbocycles. The van der Waals surface area contributed by atoms with Gasteiger partial charge in [0.2, 0.25) is 0 Å². The Bertz CT molecular complexity index is 376. The van der Waals surface area contributed by atoms with Gasteiger partial charge in [-0.05, 0) is 17.5 Å².